The van der Waals surface area contributed by atoms with Gasteiger partial charge in [-0.25, -0.2) is 4.98 Å². The largest absolute Gasteiger partial charge is 0.512 e. The SMILES string of the molecule is CCC(CC)C(=O)/C=C(\O)C(CC)CC.Cc1cc(C)nc(-c2cc(-c3ncnc4c3sc3cc(CC(C)(C)C)ccc34)[c-]c3ccccc23)c1.[Ir]. The topological polar surface area (TPSA) is 76.0 Å². The van der Waals surface area contributed by atoms with Gasteiger partial charge >= 0.3 is 0 Å². The van der Waals surface area contributed by atoms with E-state index in [9.17, 15) is 9.90 Å². The van der Waals surface area contributed by atoms with E-state index >= 15 is 0 Å². The summed E-state index contributed by atoms with van der Waals surface area (Å²) in [5, 5.41) is 13.2. The fourth-order valence-electron chi connectivity index (χ4n) is 6.86. The molecule has 0 aliphatic heterocycles. The van der Waals surface area contributed by atoms with Gasteiger partial charge < -0.3 is 5.11 Å². The van der Waals surface area contributed by atoms with Crippen LogP contribution >= 0.6 is 11.3 Å². The first kappa shape index (κ1) is 41.0. The number of thiophene rings is 1. The Labute approximate surface area is 327 Å². The average Bonchev–Trinajstić information content (AvgIpc) is 3.46. The summed E-state index contributed by atoms with van der Waals surface area (Å²) in [6.45, 7) is 19.1. The van der Waals surface area contributed by atoms with Crippen molar-refractivity contribution in [1.82, 2.24) is 15.0 Å². The van der Waals surface area contributed by atoms with E-state index in [1.54, 1.807) is 17.7 Å². The second-order valence-corrected chi connectivity index (χ2v) is 15.9. The van der Waals surface area contributed by atoms with E-state index in [0.29, 0.717) is 0 Å². The summed E-state index contributed by atoms with van der Waals surface area (Å²) >= 11 is 1.77. The molecule has 0 atom stereocenters. The molecule has 3 aromatic carbocycles. The Morgan fingerprint density at radius 2 is 1.58 bits per heavy atom. The molecule has 6 rings (SSSR count). The van der Waals surface area contributed by atoms with Gasteiger partial charge in [0.05, 0.1) is 17.0 Å². The van der Waals surface area contributed by atoms with Crippen LogP contribution in [0.1, 0.15) is 91.0 Å². The molecule has 275 valence electrons. The third-order valence-electron chi connectivity index (χ3n) is 9.54. The number of fused-ring (bicyclic) bond motifs is 4. The van der Waals surface area contributed by atoms with E-state index < -0.39 is 0 Å². The van der Waals surface area contributed by atoms with E-state index in [-0.39, 0.29) is 48.9 Å². The first-order valence-electron chi connectivity index (χ1n) is 18.4. The number of aromatic nitrogens is 3. The Balaban J connectivity index is 0.000000323. The average molecular weight is 891 g/mol. The summed E-state index contributed by atoms with van der Waals surface area (Å²) in [7, 11) is 0. The maximum atomic E-state index is 11.7. The Bertz CT molecular complexity index is 2170. The molecule has 6 aromatic rings. The minimum atomic E-state index is 0. The molecule has 3 heterocycles. The van der Waals surface area contributed by atoms with Crippen molar-refractivity contribution in [2.75, 3.05) is 0 Å². The van der Waals surface area contributed by atoms with Crippen LogP contribution in [0.2, 0.25) is 0 Å². The minimum absolute atomic E-state index is 0. The van der Waals surface area contributed by atoms with E-state index in [2.05, 4.69) is 94.4 Å². The number of rotatable bonds is 10. The van der Waals surface area contributed by atoms with Gasteiger partial charge in [-0.15, -0.1) is 34.9 Å². The van der Waals surface area contributed by atoms with Gasteiger partial charge in [0, 0.05) is 64.2 Å². The number of nitrogens with zero attached hydrogens (tertiary/aromatic N) is 3. The molecule has 0 saturated heterocycles. The quantitative estimate of drug-likeness (QED) is 0.0842. The summed E-state index contributed by atoms with van der Waals surface area (Å²) in [6, 6.07) is 25.3. The number of pyridine rings is 1. The van der Waals surface area contributed by atoms with Crippen LogP contribution in [-0.4, -0.2) is 25.8 Å². The van der Waals surface area contributed by atoms with Crippen molar-refractivity contribution in [3.05, 3.63) is 102 Å². The Morgan fingerprint density at radius 3 is 2.23 bits per heavy atom. The van der Waals surface area contributed by atoms with Gasteiger partial charge in [-0.2, -0.15) is 0 Å². The molecule has 0 fully saturated rings. The summed E-state index contributed by atoms with van der Waals surface area (Å²) in [6.07, 6.45) is 7.63. The van der Waals surface area contributed by atoms with Crippen LogP contribution in [-0.2, 0) is 31.3 Å². The van der Waals surface area contributed by atoms with Gasteiger partial charge in [-0.3, -0.25) is 14.8 Å². The van der Waals surface area contributed by atoms with Crippen LogP contribution in [0.15, 0.2) is 78.8 Å². The predicted octanol–water partition coefficient (Wildman–Crippen LogP) is 12.6. The molecule has 3 aromatic heterocycles. The number of ketones is 1. The second kappa shape index (κ2) is 17.8. The predicted molar refractivity (Wildman–Crippen MR) is 216 cm³/mol. The van der Waals surface area contributed by atoms with Crippen molar-refractivity contribution < 1.29 is 30.0 Å². The van der Waals surface area contributed by atoms with E-state index in [4.69, 9.17) is 15.0 Å². The zero-order valence-corrected chi connectivity index (χ0v) is 35.3. The standard InChI is InChI=1S/C32H28N3S.C13H24O2.Ir/c1-19-12-20(2)35-27(13-19)26-16-23(15-22-8-6-7-9-24(22)26)29-31-30(34-18-33-29)25-11-10-21(14-28(25)36-31)17-32(3,4)5;1-5-10(6-2)12(14)9-13(15)11(7-3)8-4;/h6-14,16,18H,17H2,1-5H3;9-11,14H,5-8H2,1-4H3;/q-1;;/b;12-9-;. The Kier molecular flexibility index (Phi) is 14.1. The maximum absolute atomic E-state index is 11.7. The van der Waals surface area contributed by atoms with Crippen molar-refractivity contribution in [3.63, 3.8) is 0 Å². The van der Waals surface area contributed by atoms with Gasteiger partial charge in [0.2, 0.25) is 0 Å². The number of carbonyl (C=O) groups excluding carboxylic acids is 1. The Morgan fingerprint density at radius 1 is 0.885 bits per heavy atom. The van der Waals surface area contributed by atoms with Crippen LogP contribution in [0.25, 0.3) is 53.6 Å². The van der Waals surface area contributed by atoms with Crippen LogP contribution in [0.5, 0.6) is 0 Å². The van der Waals surface area contributed by atoms with Crippen LogP contribution in [0.4, 0.5) is 0 Å². The fourth-order valence-corrected chi connectivity index (χ4v) is 8.09. The molecule has 1 N–H and O–H groups in total. The zero-order valence-electron chi connectivity index (χ0n) is 32.1. The Hall–Kier alpha value is -3.77. The van der Waals surface area contributed by atoms with Crippen molar-refractivity contribution in [2.45, 2.75) is 94.4 Å². The van der Waals surface area contributed by atoms with Crippen molar-refractivity contribution in [1.29, 1.82) is 0 Å². The van der Waals surface area contributed by atoms with Crippen LogP contribution < -0.4 is 0 Å². The molecular weight excluding hydrogens is 839 g/mol. The van der Waals surface area contributed by atoms with Gasteiger partial charge in [-0.05, 0) is 80.7 Å². The van der Waals surface area contributed by atoms with Gasteiger partial charge in [0.25, 0.3) is 0 Å². The summed E-state index contributed by atoms with van der Waals surface area (Å²) in [4.78, 5) is 26.1. The number of aliphatic hydroxyl groups excluding tert-OH is 1. The number of hydrogen-bond acceptors (Lipinski definition) is 6. The molecule has 0 saturated carbocycles. The van der Waals surface area contributed by atoms with Crippen LogP contribution in [0, 0.1) is 37.2 Å². The molecule has 52 heavy (non-hydrogen) atoms. The molecule has 0 amide bonds. The van der Waals surface area contributed by atoms with E-state index in [1.807, 2.05) is 34.6 Å². The molecule has 0 aliphatic rings. The molecule has 0 bridgehead atoms. The number of hydrogen-bond donors (Lipinski definition) is 1. The second-order valence-electron chi connectivity index (χ2n) is 14.9. The van der Waals surface area contributed by atoms with E-state index in [1.165, 1.54) is 27.3 Å². The summed E-state index contributed by atoms with van der Waals surface area (Å²) in [5.74, 6) is 0.547. The third kappa shape index (κ3) is 9.60. The van der Waals surface area contributed by atoms with Gasteiger partial charge in [0.1, 0.15) is 6.33 Å². The first-order valence-corrected chi connectivity index (χ1v) is 19.2. The molecule has 0 aliphatic carbocycles. The van der Waals surface area contributed by atoms with E-state index in [0.717, 1.165) is 81.3 Å². The fraction of sp³-hybridized carbons (Fsp3) is 0.378. The summed E-state index contributed by atoms with van der Waals surface area (Å²) in [5.41, 5.74) is 8.81. The number of benzene rings is 3. The normalized spacial score (nSPS) is 12.0. The third-order valence-corrected chi connectivity index (χ3v) is 10.7. The van der Waals surface area contributed by atoms with Crippen molar-refractivity contribution in [2.24, 2.45) is 17.3 Å². The molecular formula is C45H52IrN3O2S-. The minimum Gasteiger partial charge on any atom is -0.512 e. The molecule has 7 heteroatoms. The molecule has 1 radical (unpaired) electrons. The number of aryl methyl sites for hydroxylation is 2. The molecule has 5 nitrogen and oxygen atoms in total. The summed E-state index contributed by atoms with van der Waals surface area (Å²) < 4.78 is 2.36. The van der Waals surface area contributed by atoms with Crippen LogP contribution in [0.3, 0.4) is 0 Å². The molecule has 0 spiro atoms. The van der Waals surface area contributed by atoms with Gasteiger partial charge in [-0.1, -0.05) is 95.3 Å². The smallest absolute Gasteiger partial charge is 0.162 e. The van der Waals surface area contributed by atoms with Crippen molar-refractivity contribution >= 4 is 48.2 Å². The van der Waals surface area contributed by atoms with Crippen molar-refractivity contribution in [3.8, 4) is 22.5 Å². The van der Waals surface area contributed by atoms with Gasteiger partial charge in [0.15, 0.2) is 5.78 Å². The zero-order chi connectivity index (χ0) is 36.9. The number of allylic oxidation sites excluding steroid dienone is 2. The molecule has 0 unspecified atom stereocenters. The number of aliphatic hydroxyl groups is 1. The number of carbonyl (C=O) groups is 1. The maximum Gasteiger partial charge on any atom is 0.162 e. The monoisotopic (exact) mass is 891 g/mol. The first-order chi connectivity index (χ1) is 24.3.